The lowest BCUT2D eigenvalue weighted by molar-refractivity contribution is -0.118. The highest BCUT2D eigenvalue weighted by atomic mass is 16.1. The van der Waals surface area contributed by atoms with Crippen molar-refractivity contribution in [2.45, 2.75) is 97.8 Å². The van der Waals surface area contributed by atoms with Crippen LogP contribution in [0.15, 0.2) is 0 Å². The van der Waals surface area contributed by atoms with Gasteiger partial charge in [0.1, 0.15) is 5.78 Å². The number of carbonyl (C=O) groups excluding carboxylic acids is 1. The van der Waals surface area contributed by atoms with Crippen LogP contribution in [0.4, 0.5) is 0 Å². The first kappa shape index (κ1) is 17.7. The Morgan fingerprint density at radius 2 is 1.33 bits per heavy atom. The summed E-state index contributed by atoms with van der Waals surface area (Å²) in [5.41, 5.74) is 0. The van der Waals surface area contributed by atoms with Crippen LogP contribution in [-0.4, -0.2) is 5.78 Å². The van der Waals surface area contributed by atoms with Gasteiger partial charge in [0.2, 0.25) is 0 Å². The van der Waals surface area contributed by atoms with Gasteiger partial charge in [-0.05, 0) is 12.3 Å². The van der Waals surface area contributed by atoms with E-state index in [1.165, 1.54) is 57.8 Å². The highest BCUT2D eigenvalue weighted by Crippen LogP contribution is 2.15. The van der Waals surface area contributed by atoms with Gasteiger partial charge < -0.3 is 0 Å². The normalized spacial score (nSPS) is 12.6. The van der Waals surface area contributed by atoms with Crippen LogP contribution >= 0.6 is 0 Å². The number of ketones is 1. The van der Waals surface area contributed by atoms with Crippen molar-refractivity contribution in [3.63, 3.8) is 0 Å². The van der Waals surface area contributed by atoms with Crippen molar-refractivity contribution >= 4 is 5.78 Å². The first-order valence-electron chi connectivity index (χ1n) is 8.22. The molecule has 18 heavy (non-hydrogen) atoms. The van der Waals surface area contributed by atoms with E-state index in [2.05, 4.69) is 13.8 Å². The largest absolute Gasteiger partial charge is 0.300 e. The summed E-state index contributed by atoms with van der Waals surface area (Å²) in [5.74, 6) is 1.35. The molecule has 0 amide bonds. The summed E-state index contributed by atoms with van der Waals surface area (Å²) in [6.45, 7) is 6.60. The summed E-state index contributed by atoms with van der Waals surface area (Å²) >= 11 is 0. The molecule has 0 spiro atoms. The van der Waals surface area contributed by atoms with Crippen molar-refractivity contribution in [3.8, 4) is 0 Å². The van der Waals surface area contributed by atoms with Gasteiger partial charge in [0.25, 0.3) is 0 Å². The van der Waals surface area contributed by atoms with Crippen LogP contribution in [0.3, 0.4) is 0 Å². The summed E-state index contributed by atoms with van der Waals surface area (Å²) in [7, 11) is 0. The summed E-state index contributed by atoms with van der Waals surface area (Å²) in [6.07, 6.45) is 14.9. The maximum atomic E-state index is 11.1. The number of unbranched alkanes of at least 4 members (excludes halogenated alkanes) is 7. The predicted octanol–water partition coefficient (Wildman–Crippen LogP) is 5.91. The van der Waals surface area contributed by atoms with Crippen LogP contribution in [0.25, 0.3) is 0 Å². The number of rotatable bonds is 13. The summed E-state index contributed by atoms with van der Waals surface area (Å²) < 4.78 is 0. The fourth-order valence-corrected chi connectivity index (χ4v) is 2.26. The molecule has 0 rings (SSSR count). The summed E-state index contributed by atoms with van der Waals surface area (Å²) in [4.78, 5) is 11.1. The van der Waals surface area contributed by atoms with Crippen LogP contribution < -0.4 is 0 Å². The zero-order valence-corrected chi connectivity index (χ0v) is 13.0. The fourth-order valence-electron chi connectivity index (χ4n) is 2.26. The van der Waals surface area contributed by atoms with E-state index in [-0.39, 0.29) is 0 Å². The Balaban J connectivity index is 3.05. The van der Waals surface area contributed by atoms with E-state index >= 15 is 0 Å². The lowest BCUT2D eigenvalue weighted by Crippen LogP contribution is -1.94. The SMILES string of the molecule is CCC(=O)CCCCCCCCCCC(C)CC. The quantitative estimate of drug-likeness (QED) is 0.373. The van der Waals surface area contributed by atoms with Gasteiger partial charge in [-0.15, -0.1) is 0 Å². The van der Waals surface area contributed by atoms with E-state index in [9.17, 15) is 4.79 Å². The molecule has 108 valence electrons. The minimum atomic E-state index is 0.431. The minimum absolute atomic E-state index is 0.431. The van der Waals surface area contributed by atoms with E-state index in [1.54, 1.807) is 0 Å². The molecule has 0 aliphatic carbocycles. The fraction of sp³-hybridized carbons (Fsp3) is 0.941. The van der Waals surface area contributed by atoms with Gasteiger partial charge >= 0.3 is 0 Å². The molecular weight excluding hydrogens is 220 g/mol. The van der Waals surface area contributed by atoms with Crippen LogP contribution in [0.5, 0.6) is 0 Å². The third-order valence-corrected chi connectivity index (χ3v) is 3.99. The van der Waals surface area contributed by atoms with Crippen LogP contribution in [-0.2, 0) is 4.79 Å². The van der Waals surface area contributed by atoms with Crippen molar-refractivity contribution in [1.82, 2.24) is 0 Å². The van der Waals surface area contributed by atoms with Crippen LogP contribution in [0.2, 0.25) is 0 Å². The molecular formula is C17H34O. The molecule has 0 aliphatic rings. The third-order valence-electron chi connectivity index (χ3n) is 3.99. The highest BCUT2D eigenvalue weighted by Gasteiger charge is 1.99. The molecule has 1 atom stereocenters. The summed E-state index contributed by atoms with van der Waals surface area (Å²) in [6, 6.07) is 0. The predicted molar refractivity (Wildman–Crippen MR) is 80.9 cm³/mol. The monoisotopic (exact) mass is 254 g/mol. The molecule has 0 aliphatic heterocycles. The van der Waals surface area contributed by atoms with Crippen molar-refractivity contribution in [1.29, 1.82) is 0 Å². The topological polar surface area (TPSA) is 17.1 Å². The Hall–Kier alpha value is -0.330. The Kier molecular flexibility index (Phi) is 12.9. The lowest BCUT2D eigenvalue weighted by Gasteiger charge is -2.07. The smallest absolute Gasteiger partial charge is 0.132 e. The van der Waals surface area contributed by atoms with Crippen molar-refractivity contribution in [3.05, 3.63) is 0 Å². The van der Waals surface area contributed by atoms with Gasteiger partial charge in [-0.25, -0.2) is 0 Å². The van der Waals surface area contributed by atoms with Crippen molar-refractivity contribution in [2.24, 2.45) is 5.92 Å². The van der Waals surface area contributed by atoms with Gasteiger partial charge in [0.15, 0.2) is 0 Å². The molecule has 0 bridgehead atoms. The van der Waals surface area contributed by atoms with E-state index in [1.807, 2.05) is 6.92 Å². The molecule has 0 aromatic carbocycles. The number of carbonyl (C=O) groups is 1. The zero-order chi connectivity index (χ0) is 13.6. The van der Waals surface area contributed by atoms with Gasteiger partial charge in [-0.3, -0.25) is 4.79 Å². The second kappa shape index (κ2) is 13.1. The van der Waals surface area contributed by atoms with Crippen LogP contribution in [0, 0.1) is 5.92 Å². The minimum Gasteiger partial charge on any atom is -0.300 e. The average Bonchev–Trinajstić information content (AvgIpc) is 2.40. The van der Waals surface area contributed by atoms with E-state index in [0.29, 0.717) is 5.78 Å². The molecule has 0 fully saturated rings. The molecule has 0 saturated heterocycles. The van der Waals surface area contributed by atoms with Gasteiger partial charge in [0.05, 0.1) is 0 Å². The second-order valence-corrected chi connectivity index (χ2v) is 5.77. The summed E-state index contributed by atoms with van der Waals surface area (Å²) in [5, 5.41) is 0. The Morgan fingerprint density at radius 3 is 1.83 bits per heavy atom. The van der Waals surface area contributed by atoms with Gasteiger partial charge in [0, 0.05) is 12.8 Å². The maximum absolute atomic E-state index is 11.1. The molecule has 0 radical (unpaired) electrons. The molecule has 0 aromatic heterocycles. The molecule has 0 heterocycles. The van der Waals surface area contributed by atoms with Crippen LogP contribution in [0.1, 0.15) is 97.8 Å². The Labute approximate surface area is 115 Å². The molecule has 1 nitrogen and oxygen atoms in total. The van der Waals surface area contributed by atoms with Gasteiger partial charge in [-0.1, -0.05) is 78.6 Å². The number of hydrogen-bond donors (Lipinski definition) is 0. The van der Waals surface area contributed by atoms with E-state index < -0.39 is 0 Å². The van der Waals surface area contributed by atoms with Crippen molar-refractivity contribution in [2.75, 3.05) is 0 Å². The van der Waals surface area contributed by atoms with E-state index in [4.69, 9.17) is 0 Å². The van der Waals surface area contributed by atoms with Gasteiger partial charge in [-0.2, -0.15) is 0 Å². The lowest BCUT2D eigenvalue weighted by atomic mass is 9.99. The number of hydrogen-bond acceptors (Lipinski definition) is 1. The molecule has 0 N–H and O–H groups in total. The maximum Gasteiger partial charge on any atom is 0.132 e. The first-order chi connectivity index (χ1) is 8.70. The third kappa shape index (κ3) is 12.1. The first-order valence-corrected chi connectivity index (χ1v) is 8.22. The second-order valence-electron chi connectivity index (χ2n) is 5.77. The molecule has 0 saturated carbocycles. The highest BCUT2D eigenvalue weighted by molar-refractivity contribution is 5.77. The Bertz CT molecular complexity index is 186. The molecule has 1 heteroatoms. The molecule has 1 unspecified atom stereocenters. The van der Waals surface area contributed by atoms with Crippen molar-refractivity contribution < 1.29 is 4.79 Å². The average molecular weight is 254 g/mol. The number of Topliss-reactive ketones (excluding diaryl/α,β-unsaturated/α-hetero) is 1. The Morgan fingerprint density at radius 1 is 0.833 bits per heavy atom. The van der Waals surface area contributed by atoms with E-state index in [0.717, 1.165) is 25.2 Å². The zero-order valence-electron chi connectivity index (χ0n) is 13.0. The standard InChI is InChI=1S/C17H34O/c1-4-16(3)14-12-10-8-6-7-9-11-13-15-17(18)5-2/h16H,4-15H2,1-3H3. The molecule has 0 aromatic rings.